The van der Waals surface area contributed by atoms with Gasteiger partial charge >= 0.3 is 12.0 Å². The van der Waals surface area contributed by atoms with E-state index in [2.05, 4.69) is 31.0 Å². The van der Waals surface area contributed by atoms with Crippen LogP contribution in [-0.4, -0.2) is 123 Å². The Bertz CT molecular complexity index is 1520. The molecule has 0 aromatic heterocycles. The van der Waals surface area contributed by atoms with Crippen LogP contribution in [0.5, 0.6) is 0 Å². The van der Waals surface area contributed by atoms with Gasteiger partial charge in [-0.15, -0.1) is 0 Å². The number of anilines is 1. The molecule has 12 nitrogen and oxygen atoms in total. The Morgan fingerprint density at radius 3 is 2.17 bits per heavy atom. The van der Waals surface area contributed by atoms with Crippen LogP contribution >= 0.6 is 0 Å². The minimum atomic E-state index is -1.82. The van der Waals surface area contributed by atoms with E-state index in [0.29, 0.717) is 37.1 Å². The minimum absolute atomic E-state index is 0.0470. The molecule has 2 saturated heterocycles. The number of hydrogen-bond acceptors (Lipinski definition) is 10. The number of urea groups is 1. The molecule has 0 spiro atoms. The number of benzene rings is 2. The average molecular weight is 832 g/mol. The Balaban J connectivity index is 0.000000515. The van der Waals surface area contributed by atoms with Gasteiger partial charge in [-0.1, -0.05) is 77.9 Å². The van der Waals surface area contributed by atoms with Gasteiger partial charge in [-0.25, -0.2) is 4.79 Å². The summed E-state index contributed by atoms with van der Waals surface area (Å²) < 4.78 is 16.3. The molecule has 0 radical (unpaired) electrons. The summed E-state index contributed by atoms with van der Waals surface area (Å²) in [6.45, 7) is 22.0. The summed E-state index contributed by atoms with van der Waals surface area (Å²) in [5, 5.41) is 48.4. The van der Waals surface area contributed by atoms with Crippen LogP contribution in [0.2, 0.25) is 0 Å². The fourth-order valence-corrected chi connectivity index (χ4v) is 8.40. The molecule has 2 amide bonds. The van der Waals surface area contributed by atoms with Crippen LogP contribution in [0.15, 0.2) is 42.5 Å². The molecule has 2 aliphatic heterocycles. The normalized spacial score (nSPS) is 32.9. The highest BCUT2D eigenvalue weighted by Crippen LogP contribution is 2.33. The number of cyclic esters (lactones) is 1. The van der Waals surface area contributed by atoms with Crippen molar-refractivity contribution >= 4 is 28.5 Å². The summed E-state index contributed by atoms with van der Waals surface area (Å²) in [6.07, 6.45) is 3.42. The first-order chi connectivity index (χ1) is 27.6. The Kier molecular flexibility index (Phi) is 21.8. The van der Waals surface area contributed by atoms with E-state index >= 15 is 0 Å². The number of amides is 2. The number of carbonyl (C=O) groups is 2. The summed E-state index contributed by atoms with van der Waals surface area (Å²) in [5.41, 5.74) is -2.20. The maximum atomic E-state index is 13.9. The smallest absolute Gasteiger partial charge is 0.322 e. The van der Waals surface area contributed by atoms with Gasteiger partial charge in [0.15, 0.2) is 6.29 Å². The summed E-state index contributed by atoms with van der Waals surface area (Å²) in [4.78, 5) is 30.5. The van der Waals surface area contributed by atoms with Crippen molar-refractivity contribution in [2.75, 3.05) is 32.6 Å². The van der Waals surface area contributed by atoms with Gasteiger partial charge in [0.1, 0.15) is 17.8 Å². The van der Waals surface area contributed by atoms with Gasteiger partial charge in [0, 0.05) is 31.0 Å². The fourth-order valence-electron chi connectivity index (χ4n) is 8.40. The van der Waals surface area contributed by atoms with E-state index in [1.807, 2.05) is 77.3 Å². The zero-order valence-corrected chi connectivity index (χ0v) is 38.6. The maximum Gasteiger partial charge on any atom is 0.322 e. The van der Waals surface area contributed by atoms with Crippen LogP contribution in [0.25, 0.3) is 10.8 Å². The lowest BCUT2D eigenvalue weighted by molar-refractivity contribution is -0.188. The zero-order chi connectivity index (χ0) is 44.7. The van der Waals surface area contributed by atoms with E-state index in [-0.39, 0.29) is 30.9 Å². The Labute approximate surface area is 356 Å². The van der Waals surface area contributed by atoms with Gasteiger partial charge in [0.2, 0.25) is 0 Å². The van der Waals surface area contributed by atoms with E-state index < -0.39 is 53.7 Å². The molecule has 12 heteroatoms. The predicted molar refractivity (Wildman–Crippen MR) is 237 cm³/mol. The molecular formula is C47H81N3O9. The van der Waals surface area contributed by atoms with Gasteiger partial charge in [0.05, 0.1) is 35.5 Å². The summed E-state index contributed by atoms with van der Waals surface area (Å²) in [7, 11) is 4.07. The highest BCUT2D eigenvalue weighted by Gasteiger charge is 2.46. The van der Waals surface area contributed by atoms with E-state index in [1.54, 1.807) is 27.7 Å². The number of carbonyl (C=O) groups excluding carboxylic acids is 2. The molecule has 59 heavy (non-hydrogen) atoms. The second-order valence-corrected chi connectivity index (χ2v) is 18.2. The number of rotatable bonds is 7. The molecule has 12 atom stereocenters. The van der Waals surface area contributed by atoms with Crippen molar-refractivity contribution in [3.05, 3.63) is 42.5 Å². The van der Waals surface area contributed by atoms with Crippen molar-refractivity contribution in [1.82, 2.24) is 9.80 Å². The Morgan fingerprint density at radius 1 is 0.949 bits per heavy atom. The highest BCUT2D eigenvalue weighted by molar-refractivity contribution is 6.01. The standard InChI is InChI=1S/C32H48N2O6.C8H17NO2.C7H16O/c1-8-27-32(7,39)28(35)23(5)34(30(37)33-26-15-11-13-24-12-9-10-14-25(24)26)19-21(3)18-31(6,38)17-20(2)16-22(4)29(36)40-27;1-6-4-7(9(2)3)5-8(10)11-6;1-4-6-8-7(3)5-2/h9-15,20-23,27-28,35,38-39H,8,16-19H2,1-7H3,(H,33,37);6-8,10H,4-5H2,1-3H3;7H,4-6H2,1-3H3/t20-,21+,22?,23?,27+,28?,31-,32+;;/m0../s1. The molecule has 7 unspecified atom stereocenters. The lowest BCUT2D eigenvalue weighted by Crippen LogP contribution is -2.60. The van der Waals surface area contributed by atoms with E-state index in [4.69, 9.17) is 14.2 Å². The SMILES string of the molecule is CC1CC(N(C)C)CC(O)O1.CCCOC(C)CC.CC[C@H]1OC(=O)C(C)C[C@H](C)C[C@](C)(O)C[C@@H](C)CN(C(=O)Nc2cccc3ccccc23)C(C)C(O)[C@]1(C)O. The quantitative estimate of drug-likeness (QED) is 0.173. The summed E-state index contributed by atoms with van der Waals surface area (Å²) in [6, 6.07) is 12.6. The van der Waals surface area contributed by atoms with Gasteiger partial charge in [-0.3, -0.25) is 4.79 Å². The van der Waals surface area contributed by atoms with Crippen LogP contribution in [0.1, 0.15) is 128 Å². The number of hydrogen-bond donors (Lipinski definition) is 5. The van der Waals surface area contributed by atoms with Gasteiger partial charge < -0.3 is 49.8 Å². The predicted octanol–water partition coefficient (Wildman–Crippen LogP) is 7.98. The third-order valence-electron chi connectivity index (χ3n) is 11.7. The molecular weight excluding hydrogens is 751 g/mol. The molecule has 0 saturated carbocycles. The number of ether oxygens (including phenoxy) is 3. The minimum Gasteiger partial charge on any atom is -0.459 e. The zero-order valence-electron chi connectivity index (χ0n) is 38.6. The number of fused-ring (bicyclic) bond motifs is 1. The lowest BCUT2D eigenvalue weighted by atomic mass is 9.82. The Hall–Kier alpha value is -2.84. The fraction of sp³-hybridized carbons (Fsp3) is 0.745. The van der Waals surface area contributed by atoms with Crippen LogP contribution < -0.4 is 5.32 Å². The van der Waals surface area contributed by atoms with Gasteiger partial charge in [0.25, 0.3) is 0 Å². The number of nitrogens with one attached hydrogen (secondary N) is 1. The van der Waals surface area contributed by atoms with Gasteiger partial charge in [-0.05, 0) is 117 Å². The summed E-state index contributed by atoms with van der Waals surface area (Å²) >= 11 is 0. The topological polar surface area (TPSA) is 161 Å². The molecule has 2 heterocycles. The highest BCUT2D eigenvalue weighted by atomic mass is 16.6. The van der Waals surface area contributed by atoms with Crippen LogP contribution in [0.3, 0.4) is 0 Å². The lowest BCUT2D eigenvalue weighted by Gasteiger charge is -2.43. The summed E-state index contributed by atoms with van der Waals surface area (Å²) in [5.74, 6) is -0.962. The molecule has 0 aliphatic carbocycles. The van der Waals surface area contributed by atoms with Crippen molar-refractivity contribution in [2.45, 2.75) is 182 Å². The Morgan fingerprint density at radius 2 is 1.58 bits per heavy atom. The molecule has 2 aliphatic rings. The molecule has 5 N–H and O–H groups in total. The largest absolute Gasteiger partial charge is 0.459 e. The van der Waals surface area contributed by atoms with Crippen LogP contribution in [0, 0.1) is 17.8 Å². The van der Waals surface area contributed by atoms with Crippen molar-refractivity contribution < 1.29 is 44.2 Å². The van der Waals surface area contributed by atoms with E-state index in [9.17, 15) is 30.0 Å². The van der Waals surface area contributed by atoms with Gasteiger partial charge in [-0.2, -0.15) is 0 Å². The molecule has 2 fully saturated rings. The van der Waals surface area contributed by atoms with Crippen molar-refractivity contribution in [3.8, 4) is 0 Å². The average Bonchev–Trinajstić information content (AvgIpc) is 3.16. The van der Waals surface area contributed by atoms with Crippen molar-refractivity contribution in [2.24, 2.45) is 17.8 Å². The number of nitrogens with zero attached hydrogens (tertiary/aromatic N) is 2. The molecule has 4 rings (SSSR count). The maximum absolute atomic E-state index is 13.9. The number of aliphatic hydroxyl groups is 4. The van der Waals surface area contributed by atoms with Crippen molar-refractivity contribution in [3.63, 3.8) is 0 Å². The first kappa shape index (κ1) is 52.3. The van der Waals surface area contributed by atoms with Crippen molar-refractivity contribution in [1.29, 1.82) is 0 Å². The molecule has 2 aromatic rings. The molecule has 338 valence electrons. The first-order valence-electron chi connectivity index (χ1n) is 22.1. The number of aliphatic hydroxyl groups excluding tert-OH is 2. The third kappa shape index (κ3) is 16.9. The molecule has 2 aromatic carbocycles. The van der Waals surface area contributed by atoms with E-state index in [1.165, 1.54) is 11.8 Å². The second kappa shape index (κ2) is 24.6. The van der Waals surface area contributed by atoms with E-state index in [0.717, 1.165) is 43.1 Å². The molecule has 0 bridgehead atoms. The third-order valence-corrected chi connectivity index (χ3v) is 11.7. The van der Waals surface area contributed by atoms with Crippen LogP contribution in [-0.2, 0) is 19.0 Å². The van der Waals surface area contributed by atoms with Crippen LogP contribution in [0.4, 0.5) is 10.5 Å². The monoisotopic (exact) mass is 832 g/mol. The number of esters is 1. The first-order valence-corrected chi connectivity index (χ1v) is 22.1. The second-order valence-electron chi connectivity index (χ2n) is 18.2.